The van der Waals surface area contributed by atoms with Gasteiger partial charge in [0.25, 0.3) is 5.89 Å². The first-order valence-electron chi connectivity index (χ1n) is 8.25. The summed E-state index contributed by atoms with van der Waals surface area (Å²) in [5.41, 5.74) is 3.63. The van der Waals surface area contributed by atoms with Crippen LogP contribution in [0.5, 0.6) is 11.5 Å². The highest BCUT2D eigenvalue weighted by molar-refractivity contribution is 5.80. The molecule has 0 N–H and O–H groups in total. The summed E-state index contributed by atoms with van der Waals surface area (Å²) in [6.07, 6.45) is 1.83. The Bertz CT molecular complexity index is 1070. The summed E-state index contributed by atoms with van der Waals surface area (Å²) in [4.78, 5) is 8.91. The Morgan fingerprint density at radius 3 is 2.58 bits per heavy atom. The van der Waals surface area contributed by atoms with Gasteiger partial charge >= 0.3 is 0 Å². The van der Waals surface area contributed by atoms with Crippen molar-refractivity contribution in [3.63, 3.8) is 0 Å². The number of rotatable bonds is 5. The fourth-order valence-corrected chi connectivity index (χ4v) is 2.88. The Morgan fingerprint density at radius 1 is 1.00 bits per heavy atom. The van der Waals surface area contributed by atoms with E-state index in [1.165, 1.54) is 0 Å². The summed E-state index contributed by atoms with van der Waals surface area (Å²) in [6.45, 7) is 2.93. The van der Waals surface area contributed by atoms with Gasteiger partial charge in [0.1, 0.15) is 0 Å². The fraction of sp³-hybridized carbons (Fsp3) is 0.211. The summed E-state index contributed by atoms with van der Waals surface area (Å²) in [5, 5.41) is 4.12. The Hall–Kier alpha value is -3.35. The molecular weight excluding hydrogens is 332 g/mol. The van der Waals surface area contributed by atoms with Crippen LogP contribution in [0.4, 0.5) is 0 Å². The topological polar surface area (TPSA) is 75.2 Å². The molecule has 0 unspecified atom stereocenters. The van der Waals surface area contributed by atoms with Crippen LogP contribution in [-0.2, 0) is 6.54 Å². The molecule has 0 aliphatic rings. The number of hydrogen-bond acceptors (Lipinski definition) is 6. The number of ether oxygens (including phenoxy) is 2. The molecular formula is C19H18N4O3. The van der Waals surface area contributed by atoms with Gasteiger partial charge in [-0.2, -0.15) is 4.98 Å². The van der Waals surface area contributed by atoms with Gasteiger partial charge in [-0.25, -0.2) is 4.98 Å². The van der Waals surface area contributed by atoms with Gasteiger partial charge in [-0.1, -0.05) is 5.16 Å². The van der Waals surface area contributed by atoms with E-state index >= 15 is 0 Å². The largest absolute Gasteiger partial charge is 0.493 e. The average Bonchev–Trinajstić information content (AvgIpc) is 3.33. The molecule has 0 atom stereocenters. The zero-order chi connectivity index (χ0) is 18.1. The second kappa shape index (κ2) is 6.51. The maximum Gasteiger partial charge on any atom is 0.258 e. The van der Waals surface area contributed by atoms with Crippen LogP contribution in [0.1, 0.15) is 6.92 Å². The number of imidazole rings is 1. The van der Waals surface area contributed by atoms with Crippen molar-refractivity contribution in [1.82, 2.24) is 19.7 Å². The minimum atomic E-state index is 0.421. The van der Waals surface area contributed by atoms with Gasteiger partial charge in [0.05, 0.1) is 31.6 Å². The molecule has 7 nitrogen and oxygen atoms in total. The first-order chi connectivity index (χ1) is 12.7. The van der Waals surface area contributed by atoms with Crippen LogP contribution in [0.2, 0.25) is 0 Å². The molecule has 0 spiro atoms. The summed E-state index contributed by atoms with van der Waals surface area (Å²) in [5.74, 6) is 2.21. The van der Waals surface area contributed by atoms with Crippen LogP contribution < -0.4 is 9.47 Å². The molecule has 0 aliphatic carbocycles. The standard InChI is InChI=1S/C19H18N4O3/c1-4-23-11-20-14-7-5-12(9-15(14)23)18-21-19(26-22-18)13-6-8-16(24-2)17(10-13)25-3/h5-11H,4H2,1-3H3. The van der Waals surface area contributed by atoms with Crippen molar-refractivity contribution < 1.29 is 14.0 Å². The Labute approximate surface area is 150 Å². The lowest BCUT2D eigenvalue weighted by atomic mass is 10.2. The molecule has 26 heavy (non-hydrogen) atoms. The average molecular weight is 350 g/mol. The van der Waals surface area contributed by atoms with E-state index in [0.717, 1.165) is 28.7 Å². The van der Waals surface area contributed by atoms with E-state index in [1.54, 1.807) is 14.2 Å². The summed E-state index contributed by atoms with van der Waals surface area (Å²) in [6, 6.07) is 11.4. The van der Waals surface area contributed by atoms with Crippen LogP contribution in [0.3, 0.4) is 0 Å². The highest BCUT2D eigenvalue weighted by Crippen LogP contribution is 2.32. The molecule has 7 heteroatoms. The molecule has 0 saturated carbocycles. The molecule has 0 radical (unpaired) electrons. The van der Waals surface area contributed by atoms with Gasteiger partial charge < -0.3 is 18.6 Å². The van der Waals surface area contributed by atoms with E-state index in [2.05, 4.69) is 26.6 Å². The zero-order valence-corrected chi connectivity index (χ0v) is 14.8. The second-order valence-corrected chi connectivity index (χ2v) is 5.73. The van der Waals surface area contributed by atoms with Crippen molar-refractivity contribution in [3.8, 4) is 34.3 Å². The molecule has 0 fully saturated rings. The lowest BCUT2D eigenvalue weighted by Gasteiger charge is -2.07. The van der Waals surface area contributed by atoms with E-state index in [4.69, 9.17) is 14.0 Å². The molecule has 4 rings (SSSR count). The van der Waals surface area contributed by atoms with Crippen LogP contribution in [0.25, 0.3) is 33.9 Å². The Morgan fingerprint density at radius 2 is 1.81 bits per heavy atom. The molecule has 2 aromatic heterocycles. The van der Waals surface area contributed by atoms with Gasteiger partial charge in [-0.05, 0) is 43.3 Å². The van der Waals surface area contributed by atoms with Crippen LogP contribution in [0.15, 0.2) is 47.2 Å². The minimum absolute atomic E-state index is 0.421. The monoisotopic (exact) mass is 350 g/mol. The molecule has 0 bridgehead atoms. The number of benzene rings is 2. The van der Waals surface area contributed by atoms with Crippen LogP contribution in [0, 0.1) is 0 Å². The number of fused-ring (bicyclic) bond motifs is 1. The van der Waals surface area contributed by atoms with Gasteiger partial charge in [-0.15, -0.1) is 0 Å². The number of hydrogen-bond donors (Lipinski definition) is 0. The van der Waals surface area contributed by atoms with Crippen molar-refractivity contribution in [2.75, 3.05) is 14.2 Å². The molecule has 0 aliphatic heterocycles. The smallest absolute Gasteiger partial charge is 0.258 e. The SMILES string of the molecule is CCn1cnc2ccc(-c3noc(-c4ccc(OC)c(OC)c4)n3)cc21. The van der Waals surface area contributed by atoms with E-state index in [-0.39, 0.29) is 0 Å². The van der Waals surface area contributed by atoms with E-state index < -0.39 is 0 Å². The van der Waals surface area contributed by atoms with Crippen LogP contribution >= 0.6 is 0 Å². The minimum Gasteiger partial charge on any atom is -0.493 e. The van der Waals surface area contributed by atoms with Crippen molar-refractivity contribution in [1.29, 1.82) is 0 Å². The lowest BCUT2D eigenvalue weighted by Crippen LogP contribution is -1.91. The van der Waals surface area contributed by atoms with E-state index in [0.29, 0.717) is 23.2 Å². The van der Waals surface area contributed by atoms with E-state index in [1.807, 2.05) is 42.7 Å². The third-order valence-electron chi connectivity index (χ3n) is 4.28. The predicted octanol–water partition coefficient (Wildman–Crippen LogP) is 3.79. The van der Waals surface area contributed by atoms with E-state index in [9.17, 15) is 0 Å². The van der Waals surface area contributed by atoms with Crippen molar-refractivity contribution in [3.05, 3.63) is 42.7 Å². The number of aryl methyl sites for hydroxylation is 1. The highest BCUT2D eigenvalue weighted by Gasteiger charge is 2.14. The van der Waals surface area contributed by atoms with Gasteiger partial charge in [0.15, 0.2) is 11.5 Å². The Kier molecular flexibility index (Phi) is 4.04. The van der Waals surface area contributed by atoms with Gasteiger partial charge in [0, 0.05) is 17.7 Å². The predicted molar refractivity (Wildman–Crippen MR) is 97.2 cm³/mol. The summed E-state index contributed by atoms with van der Waals surface area (Å²) >= 11 is 0. The summed E-state index contributed by atoms with van der Waals surface area (Å²) < 4.78 is 18.1. The number of nitrogens with zero attached hydrogens (tertiary/aromatic N) is 4. The first kappa shape index (κ1) is 16.1. The molecule has 4 aromatic rings. The maximum absolute atomic E-state index is 5.45. The molecule has 0 saturated heterocycles. The van der Waals surface area contributed by atoms with Crippen molar-refractivity contribution in [2.45, 2.75) is 13.5 Å². The second-order valence-electron chi connectivity index (χ2n) is 5.73. The van der Waals surface area contributed by atoms with Crippen molar-refractivity contribution in [2.24, 2.45) is 0 Å². The van der Waals surface area contributed by atoms with Gasteiger partial charge in [-0.3, -0.25) is 0 Å². The zero-order valence-electron chi connectivity index (χ0n) is 14.8. The quantitative estimate of drug-likeness (QED) is 0.545. The number of methoxy groups -OCH3 is 2. The maximum atomic E-state index is 5.45. The summed E-state index contributed by atoms with van der Waals surface area (Å²) in [7, 11) is 3.19. The van der Waals surface area contributed by atoms with Crippen LogP contribution in [-0.4, -0.2) is 33.9 Å². The molecule has 0 amide bonds. The third-order valence-corrected chi connectivity index (χ3v) is 4.28. The Balaban J connectivity index is 1.72. The highest BCUT2D eigenvalue weighted by atomic mass is 16.5. The van der Waals surface area contributed by atoms with Crippen molar-refractivity contribution >= 4 is 11.0 Å². The number of aromatic nitrogens is 4. The fourth-order valence-electron chi connectivity index (χ4n) is 2.88. The molecule has 2 aromatic carbocycles. The van der Waals surface area contributed by atoms with Gasteiger partial charge in [0.2, 0.25) is 5.82 Å². The molecule has 2 heterocycles. The first-order valence-corrected chi connectivity index (χ1v) is 8.25. The normalized spacial score (nSPS) is 11.0. The molecule has 132 valence electrons. The third kappa shape index (κ3) is 2.67. The lowest BCUT2D eigenvalue weighted by molar-refractivity contribution is 0.355.